The highest BCUT2D eigenvalue weighted by Gasteiger charge is 2.18. The number of nitrogens with one attached hydrogen (secondary N) is 2. The van der Waals surface area contributed by atoms with Gasteiger partial charge in [-0.05, 0) is 62.7 Å². The summed E-state index contributed by atoms with van der Waals surface area (Å²) < 4.78 is 13.1. The molecule has 160 valence electrons. The Morgan fingerprint density at radius 3 is 2.40 bits per heavy atom. The average molecular weight is 413 g/mol. The zero-order valence-corrected chi connectivity index (χ0v) is 17.6. The maximum atomic E-state index is 13.1. The molecule has 3 rings (SSSR count). The summed E-state index contributed by atoms with van der Waals surface area (Å²) in [5.74, 6) is -0.544. The minimum Gasteiger partial charge on any atom is -0.307 e. The van der Waals surface area contributed by atoms with Gasteiger partial charge in [-0.3, -0.25) is 19.9 Å². The predicted molar refractivity (Wildman–Crippen MR) is 116 cm³/mol. The van der Waals surface area contributed by atoms with Crippen LogP contribution in [0.15, 0.2) is 42.5 Å². The molecule has 30 heavy (non-hydrogen) atoms. The second-order valence-corrected chi connectivity index (χ2v) is 7.85. The summed E-state index contributed by atoms with van der Waals surface area (Å²) in [5.41, 5.74) is 3.83. The number of nitrogens with zero attached hydrogens (tertiary/aromatic N) is 2. The molecule has 0 atom stereocenters. The zero-order chi connectivity index (χ0) is 21.5. The molecule has 0 aliphatic carbocycles. The van der Waals surface area contributed by atoms with Crippen LogP contribution in [0.3, 0.4) is 0 Å². The molecule has 0 radical (unpaired) electrons. The van der Waals surface area contributed by atoms with Gasteiger partial charge in [-0.25, -0.2) is 9.18 Å². The summed E-state index contributed by atoms with van der Waals surface area (Å²) in [6.45, 7) is 8.13. The molecular formula is C23H29FN4O2. The Labute approximate surface area is 177 Å². The average Bonchev–Trinajstić information content (AvgIpc) is 2.91. The van der Waals surface area contributed by atoms with Crippen LogP contribution in [-0.2, 0) is 11.3 Å². The Kier molecular flexibility index (Phi) is 7.54. The molecule has 2 aromatic carbocycles. The number of benzene rings is 2. The second-order valence-electron chi connectivity index (χ2n) is 7.85. The third-order valence-electron chi connectivity index (χ3n) is 5.25. The van der Waals surface area contributed by atoms with E-state index in [2.05, 4.69) is 20.4 Å². The largest absolute Gasteiger partial charge is 0.325 e. The number of anilines is 1. The molecule has 2 aromatic rings. The van der Waals surface area contributed by atoms with Crippen LogP contribution >= 0.6 is 0 Å². The van der Waals surface area contributed by atoms with Crippen LogP contribution in [0.5, 0.6) is 0 Å². The van der Waals surface area contributed by atoms with Crippen LogP contribution in [-0.4, -0.2) is 54.5 Å². The van der Waals surface area contributed by atoms with Crippen molar-refractivity contribution in [2.75, 3.05) is 38.0 Å². The first-order valence-corrected chi connectivity index (χ1v) is 10.3. The van der Waals surface area contributed by atoms with Crippen molar-refractivity contribution in [3.63, 3.8) is 0 Å². The molecule has 0 spiro atoms. The van der Waals surface area contributed by atoms with E-state index in [1.807, 2.05) is 32.0 Å². The number of hydrogen-bond donors (Lipinski definition) is 2. The molecule has 0 bridgehead atoms. The number of carbonyl (C=O) groups excluding carboxylic acids is 2. The number of imide groups is 1. The smallest absolute Gasteiger partial charge is 0.307 e. The fourth-order valence-electron chi connectivity index (χ4n) is 3.67. The van der Waals surface area contributed by atoms with Crippen molar-refractivity contribution in [3.8, 4) is 0 Å². The molecule has 0 unspecified atom stereocenters. The van der Waals surface area contributed by atoms with Gasteiger partial charge in [0.25, 0.3) is 0 Å². The lowest BCUT2D eigenvalue weighted by Crippen LogP contribution is -2.43. The summed E-state index contributed by atoms with van der Waals surface area (Å²) in [6.07, 6.45) is 0.934. The van der Waals surface area contributed by atoms with Crippen LogP contribution in [0.4, 0.5) is 14.9 Å². The van der Waals surface area contributed by atoms with Crippen LogP contribution < -0.4 is 10.6 Å². The van der Waals surface area contributed by atoms with E-state index in [1.165, 1.54) is 12.1 Å². The van der Waals surface area contributed by atoms with Gasteiger partial charge in [0.05, 0.1) is 6.54 Å². The molecule has 2 N–H and O–H groups in total. The summed E-state index contributed by atoms with van der Waals surface area (Å²) in [5, 5.41) is 5.15. The van der Waals surface area contributed by atoms with Crippen molar-refractivity contribution in [1.82, 2.24) is 15.1 Å². The van der Waals surface area contributed by atoms with Gasteiger partial charge in [0, 0.05) is 25.3 Å². The third-order valence-corrected chi connectivity index (χ3v) is 5.25. The highest BCUT2D eigenvalue weighted by Crippen LogP contribution is 2.15. The normalized spacial score (nSPS) is 15.4. The molecule has 6 nitrogen and oxygen atoms in total. The molecule has 0 saturated carbocycles. The molecule has 0 aromatic heterocycles. The summed E-state index contributed by atoms with van der Waals surface area (Å²) >= 11 is 0. The fourth-order valence-corrected chi connectivity index (χ4v) is 3.67. The molecule has 1 fully saturated rings. The van der Waals surface area contributed by atoms with Crippen LogP contribution in [0.25, 0.3) is 0 Å². The molecule has 3 amide bonds. The zero-order valence-electron chi connectivity index (χ0n) is 17.6. The Morgan fingerprint density at radius 2 is 1.67 bits per heavy atom. The molecular weight excluding hydrogens is 383 g/mol. The van der Waals surface area contributed by atoms with E-state index in [-0.39, 0.29) is 18.3 Å². The third kappa shape index (κ3) is 6.64. The standard InChI is InChI=1S/C23H29FN4O2/c1-17-4-9-21(18(2)14-17)25-23(30)26-22(29)16-28-11-3-10-27(12-13-28)15-19-5-7-20(24)8-6-19/h4-9,14H,3,10-13,15-16H2,1-2H3,(H2,25,26,29,30). The Morgan fingerprint density at radius 1 is 0.967 bits per heavy atom. The number of urea groups is 1. The molecule has 1 aliphatic heterocycles. The van der Waals surface area contributed by atoms with Gasteiger partial charge >= 0.3 is 6.03 Å². The van der Waals surface area contributed by atoms with Crippen molar-refractivity contribution in [2.45, 2.75) is 26.8 Å². The lowest BCUT2D eigenvalue weighted by molar-refractivity contribution is -0.121. The van der Waals surface area contributed by atoms with Crippen molar-refractivity contribution >= 4 is 17.6 Å². The number of rotatable bonds is 5. The number of hydrogen-bond acceptors (Lipinski definition) is 4. The van der Waals surface area contributed by atoms with E-state index in [0.29, 0.717) is 5.69 Å². The van der Waals surface area contributed by atoms with Gasteiger partial charge in [0.1, 0.15) is 5.82 Å². The second kappa shape index (κ2) is 10.3. The van der Waals surface area contributed by atoms with Crippen LogP contribution in [0.1, 0.15) is 23.1 Å². The first kappa shape index (κ1) is 21.9. The highest BCUT2D eigenvalue weighted by molar-refractivity contribution is 6.02. The van der Waals surface area contributed by atoms with Crippen LogP contribution in [0.2, 0.25) is 0 Å². The van der Waals surface area contributed by atoms with Crippen molar-refractivity contribution in [2.24, 2.45) is 0 Å². The first-order chi connectivity index (χ1) is 14.4. The van der Waals surface area contributed by atoms with Gasteiger partial charge in [0.2, 0.25) is 5.91 Å². The minimum atomic E-state index is -0.514. The van der Waals surface area contributed by atoms with E-state index >= 15 is 0 Å². The van der Waals surface area contributed by atoms with Crippen molar-refractivity contribution < 1.29 is 14.0 Å². The van der Waals surface area contributed by atoms with E-state index in [0.717, 1.165) is 55.8 Å². The Hall–Kier alpha value is -2.77. The highest BCUT2D eigenvalue weighted by atomic mass is 19.1. The molecule has 1 heterocycles. The summed E-state index contributed by atoms with van der Waals surface area (Å²) in [6, 6.07) is 11.8. The monoisotopic (exact) mass is 412 g/mol. The van der Waals surface area contributed by atoms with E-state index < -0.39 is 6.03 Å². The maximum Gasteiger partial charge on any atom is 0.325 e. The first-order valence-electron chi connectivity index (χ1n) is 10.3. The molecule has 1 aliphatic rings. The summed E-state index contributed by atoms with van der Waals surface area (Å²) in [4.78, 5) is 28.8. The quantitative estimate of drug-likeness (QED) is 0.791. The lowest BCUT2D eigenvalue weighted by atomic mass is 10.1. The van der Waals surface area contributed by atoms with E-state index in [4.69, 9.17) is 0 Å². The number of halogens is 1. The Bertz CT molecular complexity index is 885. The van der Waals surface area contributed by atoms with Crippen molar-refractivity contribution in [3.05, 3.63) is 65.0 Å². The van der Waals surface area contributed by atoms with Gasteiger partial charge in [-0.1, -0.05) is 29.8 Å². The molecule has 7 heteroatoms. The van der Waals surface area contributed by atoms with Gasteiger partial charge < -0.3 is 5.32 Å². The van der Waals surface area contributed by atoms with Gasteiger partial charge in [-0.15, -0.1) is 0 Å². The minimum absolute atomic E-state index is 0.185. The van der Waals surface area contributed by atoms with Gasteiger partial charge in [-0.2, -0.15) is 0 Å². The lowest BCUT2D eigenvalue weighted by Gasteiger charge is -2.21. The summed E-state index contributed by atoms with van der Waals surface area (Å²) in [7, 11) is 0. The topological polar surface area (TPSA) is 64.7 Å². The van der Waals surface area contributed by atoms with E-state index in [1.54, 1.807) is 12.1 Å². The molecule has 1 saturated heterocycles. The maximum absolute atomic E-state index is 13.1. The van der Waals surface area contributed by atoms with E-state index in [9.17, 15) is 14.0 Å². The number of amides is 3. The fraction of sp³-hybridized carbons (Fsp3) is 0.391. The van der Waals surface area contributed by atoms with Crippen LogP contribution in [0, 0.1) is 19.7 Å². The Balaban J connectivity index is 1.43. The number of aryl methyl sites for hydroxylation is 2. The van der Waals surface area contributed by atoms with Gasteiger partial charge in [0.15, 0.2) is 0 Å². The SMILES string of the molecule is Cc1ccc(NC(=O)NC(=O)CN2CCCN(Cc3ccc(F)cc3)CC2)c(C)c1. The predicted octanol–water partition coefficient (Wildman–Crippen LogP) is 3.30. The number of carbonyl (C=O) groups is 2. The van der Waals surface area contributed by atoms with Crippen molar-refractivity contribution in [1.29, 1.82) is 0 Å².